The van der Waals surface area contributed by atoms with Gasteiger partial charge in [-0.15, -0.1) is 0 Å². The lowest BCUT2D eigenvalue weighted by Crippen LogP contribution is -2.22. The zero-order valence-electron chi connectivity index (χ0n) is 13.0. The Bertz CT molecular complexity index is 752. The number of hydrogen-bond acceptors (Lipinski definition) is 5. The number of anilines is 1. The Balaban J connectivity index is 3.31. The highest BCUT2D eigenvalue weighted by Gasteiger charge is 2.10. The van der Waals surface area contributed by atoms with E-state index in [1.807, 2.05) is 24.3 Å². The lowest BCUT2D eigenvalue weighted by atomic mass is 10.1. The summed E-state index contributed by atoms with van der Waals surface area (Å²) in [6.45, 7) is 5.93. The van der Waals surface area contributed by atoms with Gasteiger partial charge in [0.15, 0.2) is 5.57 Å². The van der Waals surface area contributed by atoms with Gasteiger partial charge in [-0.1, -0.05) is 6.07 Å². The van der Waals surface area contributed by atoms with E-state index < -0.39 is 0 Å². The van der Waals surface area contributed by atoms with Gasteiger partial charge in [-0.05, 0) is 53.5 Å². The first-order valence-corrected chi connectivity index (χ1v) is 7.78. The molecular weight excluding hydrogens is 354 g/mol. The first kappa shape index (κ1) is 18.3. The van der Waals surface area contributed by atoms with Crippen LogP contribution in [-0.2, 0) is 0 Å². The van der Waals surface area contributed by atoms with Crippen molar-refractivity contribution in [1.82, 2.24) is 0 Å². The molecule has 1 rings (SSSR count). The normalized spacial score (nSPS) is 10.2. The molecular formula is C17H16BrN5. The summed E-state index contributed by atoms with van der Waals surface area (Å²) in [5.74, 6) is 0. The van der Waals surface area contributed by atoms with Crippen LogP contribution in [0.15, 0.2) is 39.5 Å². The van der Waals surface area contributed by atoms with Gasteiger partial charge in [-0.3, -0.25) is 0 Å². The zero-order chi connectivity index (χ0) is 17.4. The van der Waals surface area contributed by atoms with Crippen LogP contribution in [0.2, 0.25) is 0 Å². The van der Waals surface area contributed by atoms with E-state index in [1.54, 1.807) is 18.2 Å². The second-order valence-corrected chi connectivity index (χ2v) is 5.42. The molecule has 0 radical (unpaired) electrons. The van der Waals surface area contributed by atoms with Gasteiger partial charge >= 0.3 is 0 Å². The first-order chi connectivity index (χ1) is 11.0. The number of rotatable bonds is 5. The molecule has 23 heavy (non-hydrogen) atoms. The monoisotopic (exact) mass is 369 g/mol. The molecule has 0 fully saturated rings. The lowest BCUT2D eigenvalue weighted by molar-refractivity contribution is 0.864. The molecule has 116 valence electrons. The molecule has 0 bridgehead atoms. The molecule has 6 heteroatoms. The van der Waals surface area contributed by atoms with E-state index >= 15 is 0 Å². The summed E-state index contributed by atoms with van der Waals surface area (Å²) in [5.41, 5.74) is 7.25. The van der Waals surface area contributed by atoms with Crippen LogP contribution in [0.3, 0.4) is 0 Å². The minimum Gasteiger partial charge on any atom is -0.396 e. The van der Waals surface area contributed by atoms with Crippen LogP contribution in [0.5, 0.6) is 0 Å². The molecule has 1 aromatic rings. The third-order valence-electron chi connectivity index (χ3n) is 3.29. The van der Waals surface area contributed by atoms with Crippen LogP contribution in [0.25, 0.3) is 6.08 Å². The average Bonchev–Trinajstić information content (AvgIpc) is 2.56. The van der Waals surface area contributed by atoms with Gasteiger partial charge in [0, 0.05) is 17.6 Å². The SMILES string of the molecule is CCN(CC)c1ccc(/C=C(\C#N)C(N)=C(C#N)C#N)cc1Br. The minimum absolute atomic E-state index is 0.0885. The molecule has 0 saturated carbocycles. The van der Waals surface area contributed by atoms with Crippen molar-refractivity contribution in [2.75, 3.05) is 18.0 Å². The van der Waals surface area contributed by atoms with Gasteiger partial charge in [0.05, 0.1) is 17.0 Å². The summed E-state index contributed by atoms with van der Waals surface area (Å²) < 4.78 is 0.899. The van der Waals surface area contributed by atoms with E-state index in [0.717, 1.165) is 28.8 Å². The fraction of sp³-hybridized carbons (Fsp3) is 0.235. The zero-order valence-corrected chi connectivity index (χ0v) is 14.6. The number of hydrogen-bond donors (Lipinski definition) is 1. The second-order valence-electron chi connectivity index (χ2n) is 4.57. The summed E-state index contributed by atoms with van der Waals surface area (Å²) in [5, 5.41) is 26.9. The summed E-state index contributed by atoms with van der Waals surface area (Å²) in [6, 6.07) is 11.0. The van der Waals surface area contributed by atoms with Gasteiger partial charge in [-0.25, -0.2) is 0 Å². The van der Waals surface area contributed by atoms with Crippen LogP contribution in [-0.4, -0.2) is 13.1 Å². The maximum atomic E-state index is 9.21. The van der Waals surface area contributed by atoms with E-state index in [2.05, 4.69) is 34.7 Å². The van der Waals surface area contributed by atoms with Gasteiger partial charge in [0.25, 0.3) is 0 Å². The predicted octanol–water partition coefficient (Wildman–Crippen LogP) is 3.46. The minimum atomic E-state index is -0.267. The van der Waals surface area contributed by atoms with Crippen LogP contribution >= 0.6 is 15.9 Å². The van der Waals surface area contributed by atoms with Crippen molar-refractivity contribution in [3.05, 3.63) is 45.1 Å². The third-order valence-corrected chi connectivity index (χ3v) is 3.93. The first-order valence-electron chi connectivity index (χ1n) is 6.98. The van der Waals surface area contributed by atoms with Crippen molar-refractivity contribution in [2.24, 2.45) is 5.73 Å². The van der Waals surface area contributed by atoms with Crippen LogP contribution in [0.4, 0.5) is 5.69 Å². The number of nitriles is 3. The van der Waals surface area contributed by atoms with E-state index in [4.69, 9.17) is 16.3 Å². The Morgan fingerprint density at radius 3 is 2.22 bits per heavy atom. The largest absolute Gasteiger partial charge is 0.396 e. The van der Waals surface area contributed by atoms with Crippen LogP contribution in [0.1, 0.15) is 19.4 Å². The van der Waals surface area contributed by atoms with Crippen molar-refractivity contribution in [3.8, 4) is 18.2 Å². The summed E-state index contributed by atoms with van der Waals surface area (Å²) in [6.07, 6.45) is 1.56. The molecule has 0 spiro atoms. The van der Waals surface area contributed by atoms with Crippen molar-refractivity contribution in [3.63, 3.8) is 0 Å². The molecule has 0 saturated heterocycles. The molecule has 0 aromatic heterocycles. The Morgan fingerprint density at radius 1 is 1.17 bits per heavy atom. The Labute approximate surface area is 144 Å². The fourth-order valence-electron chi connectivity index (χ4n) is 2.05. The van der Waals surface area contributed by atoms with Crippen molar-refractivity contribution >= 4 is 27.7 Å². The summed E-state index contributed by atoms with van der Waals surface area (Å²) >= 11 is 3.53. The van der Waals surface area contributed by atoms with Crippen molar-refractivity contribution in [2.45, 2.75) is 13.8 Å². The van der Waals surface area contributed by atoms with Gasteiger partial charge in [-0.2, -0.15) is 15.8 Å². The molecule has 2 N–H and O–H groups in total. The van der Waals surface area contributed by atoms with E-state index in [0.29, 0.717) is 0 Å². The summed E-state index contributed by atoms with van der Waals surface area (Å²) in [4.78, 5) is 2.19. The molecule has 0 amide bonds. The van der Waals surface area contributed by atoms with E-state index in [-0.39, 0.29) is 16.8 Å². The molecule has 0 aliphatic rings. The van der Waals surface area contributed by atoms with Gasteiger partial charge in [0.2, 0.25) is 0 Å². The van der Waals surface area contributed by atoms with Gasteiger partial charge in [0.1, 0.15) is 18.2 Å². The maximum absolute atomic E-state index is 9.21. The second kappa shape index (κ2) is 8.63. The molecule has 0 unspecified atom stereocenters. The highest BCUT2D eigenvalue weighted by atomic mass is 79.9. The van der Waals surface area contributed by atoms with Crippen molar-refractivity contribution in [1.29, 1.82) is 15.8 Å². The number of nitrogens with two attached hydrogens (primary N) is 1. The third kappa shape index (κ3) is 4.36. The van der Waals surface area contributed by atoms with E-state index in [1.165, 1.54) is 0 Å². The van der Waals surface area contributed by atoms with Crippen LogP contribution in [0, 0.1) is 34.0 Å². The number of benzene rings is 1. The topological polar surface area (TPSA) is 101 Å². The smallest absolute Gasteiger partial charge is 0.153 e. The lowest BCUT2D eigenvalue weighted by Gasteiger charge is -2.22. The summed E-state index contributed by atoms with van der Waals surface area (Å²) in [7, 11) is 0. The van der Waals surface area contributed by atoms with Crippen molar-refractivity contribution < 1.29 is 0 Å². The molecule has 0 aliphatic heterocycles. The number of halogens is 1. The van der Waals surface area contributed by atoms with Crippen LogP contribution < -0.4 is 10.6 Å². The molecule has 0 aliphatic carbocycles. The highest BCUT2D eigenvalue weighted by molar-refractivity contribution is 9.10. The molecule has 0 heterocycles. The highest BCUT2D eigenvalue weighted by Crippen LogP contribution is 2.28. The van der Waals surface area contributed by atoms with E-state index in [9.17, 15) is 5.26 Å². The number of nitrogens with zero attached hydrogens (tertiary/aromatic N) is 4. The molecule has 1 aromatic carbocycles. The Hall–Kier alpha value is -2.75. The quantitative estimate of drug-likeness (QED) is 0.632. The fourth-order valence-corrected chi connectivity index (χ4v) is 2.70. The maximum Gasteiger partial charge on any atom is 0.153 e. The average molecular weight is 370 g/mol. The predicted molar refractivity (Wildman–Crippen MR) is 93.7 cm³/mol. The number of allylic oxidation sites excluding steroid dienone is 2. The van der Waals surface area contributed by atoms with Gasteiger partial charge < -0.3 is 10.6 Å². The standard InChI is InChI=1S/C17H16BrN5/c1-3-23(4-2)16-6-5-12(8-15(16)18)7-13(9-19)17(22)14(10-20)11-21/h5-8H,3-4,22H2,1-2H3/b13-7+. The molecule has 5 nitrogen and oxygen atoms in total. The Morgan fingerprint density at radius 2 is 1.78 bits per heavy atom. The molecule has 0 atom stereocenters. The Kier molecular flexibility index (Phi) is 6.87.